The number of nitrogens with zero attached hydrogens (tertiary/aromatic N) is 3. The molecule has 0 aromatic heterocycles. The first kappa shape index (κ1) is 10.4. The lowest BCUT2D eigenvalue weighted by Crippen LogP contribution is -2.27. The van der Waals surface area contributed by atoms with Gasteiger partial charge >= 0.3 is 6.03 Å². The molecule has 2 rings (SSSR count). The summed E-state index contributed by atoms with van der Waals surface area (Å²) in [6.07, 6.45) is 2.13. The minimum Gasteiger partial charge on any atom is -0.278 e. The maximum absolute atomic E-state index is 11.5. The topological polar surface area (TPSA) is 53.0 Å². The highest BCUT2D eigenvalue weighted by Gasteiger charge is 2.27. The summed E-state index contributed by atoms with van der Waals surface area (Å²) >= 11 is 0. The third-order valence-corrected chi connectivity index (χ3v) is 2.29. The van der Waals surface area contributed by atoms with Gasteiger partial charge in [-0.05, 0) is 5.56 Å². The molecule has 0 saturated carbocycles. The van der Waals surface area contributed by atoms with Crippen LogP contribution in [0.5, 0.6) is 0 Å². The fourth-order valence-electron chi connectivity index (χ4n) is 1.42. The van der Waals surface area contributed by atoms with Crippen molar-refractivity contribution < 1.29 is 9.59 Å². The monoisotopic (exact) mass is 217 g/mol. The van der Waals surface area contributed by atoms with Crippen LogP contribution in [0.4, 0.5) is 4.79 Å². The molecule has 0 radical (unpaired) electrons. The first-order valence-corrected chi connectivity index (χ1v) is 4.94. The number of rotatable bonds is 3. The number of hydrogen-bond donors (Lipinski definition) is 0. The average Bonchev–Trinajstić information content (AvgIpc) is 2.69. The molecule has 1 aromatic rings. The van der Waals surface area contributed by atoms with E-state index in [0.717, 1.165) is 10.5 Å². The smallest absolute Gasteiger partial charge is 0.278 e. The zero-order valence-corrected chi connectivity index (χ0v) is 8.61. The molecule has 3 amide bonds. The van der Waals surface area contributed by atoms with Crippen molar-refractivity contribution in [2.24, 2.45) is 5.10 Å². The Labute approximate surface area is 93.0 Å². The molecule has 0 spiro atoms. The minimum atomic E-state index is -0.373. The molecule has 1 aliphatic heterocycles. The Morgan fingerprint density at radius 2 is 1.94 bits per heavy atom. The lowest BCUT2D eigenvalue weighted by Gasteiger charge is -2.07. The van der Waals surface area contributed by atoms with Crippen LogP contribution >= 0.6 is 0 Å². The number of hydrogen-bond acceptors (Lipinski definition) is 3. The molecule has 5 heteroatoms. The second-order valence-corrected chi connectivity index (χ2v) is 3.36. The molecule has 1 aliphatic rings. The van der Waals surface area contributed by atoms with Crippen molar-refractivity contribution in [1.29, 1.82) is 0 Å². The lowest BCUT2D eigenvalue weighted by atomic mass is 10.2. The van der Waals surface area contributed by atoms with E-state index in [0.29, 0.717) is 19.5 Å². The standard InChI is InChI=1S/C11H11N3O2/c15-9-13-6-7-14(11(13)16)12-8-10-4-2-1-3-5-10/h1-5,8-9H,6-7H2/b12-8+. The van der Waals surface area contributed by atoms with Crippen LogP contribution in [0.2, 0.25) is 0 Å². The Hall–Kier alpha value is -2.17. The SMILES string of the molecule is O=CN1CCN(/N=C/c2ccccc2)C1=O. The van der Waals surface area contributed by atoms with Gasteiger partial charge in [-0.15, -0.1) is 0 Å². The molecule has 1 aromatic carbocycles. The molecule has 0 bridgehead atoms. The van der Waals surface area contributed by atoms with Crippen LogP contribution < -0.4 is 0 Å². The fraction of sp³-hybridized carbons (Fsp3) is 0.182. The van der Waals surface area contributed by atoms with Crippen LogP contribution in [0.15, 0.2) is 35.4 Å². The van der Waals surface area contributed by atoms with Crippen LogP contribution in [0, 0.1) is 0 Å². The third-order valence-electron chi connectivity index (χ3n) is 2.29. The van der Waals surface area contributed by atoms with Crippen molar-refractivity contribution >= 4 is 18.7 Å². The summed E-state index contributed by atoms with van der Waals surface area (Å²) < 4.78 is 0. The van der Waals surface area contributed by atoms with Crippen LogP contribution in [0.1, 0.15) is 5.56 Å². The van der Waals surface area contributed by atoms with Crippen LogP contribution in [-0.4, -0.2) is 41.7 Å². The number of benzene rings is 1. The second-order valence-electron chi connectivity index (χ2n) is 3.36. The van der Waals surface area contributed by atoms with E-state index in [2.05, 4.69) is 5.10 Å². The predicted molar refractivity (Wildman–Crippen MR) is 58.9 cm³/mol. The summed E-state index contributed by atoms with van der Waals surface area (Å²) in [5, 5.41) is 5.31. The zero-order valence-electron chi connectivity index (χ0n) is 8.61. The molecular formula is C11H11N3O2. The Morgan fingerprint density at radius 1 is 1.19 bits per heavy atom. The quantitative estimate of drug-likeness (QED) is 0.558. The summed E-state index contributed by atoms with van der Waals surface area (Å²) in [6, 6.07) is 9.10. The highest BCUT2D eigenvalue weighted by molar-refractivity contribution is 5.88. The van der Waals surface area contributed by atoms with Gasteiger partial charge in [0.15, 0.2) is 0 Å². The first-order valence-electron chi connectivity index (χ1n) is 4.94. The summed E-state index contributed by atoms with van der Waals surface area (Å²) in [5.74, 6) is 0. The Balaban J connectivity index is 2.04. The van der Waals surface area contributed by atoms with Crippen molar-refractivity contribution in [3.8, 4) is 0 Å². The molecule has 5 nitrogen and oxygen atoms in total. The van der Waals surface area contributed by atoms with Gasteiger partial charge in [-0.2, -0.15) is 5.10 Å². The molecule has 16 heavy (non-hydrogen) atoms. The summed E-state index contributed by atoms with van der Waals surface area (Å²) in [5.41, 5.74) is 0.917. The van der Waals surface area contributed by atoms with Gasteiger partial charge in [0.05, 0.1) is 19.3 Å². The number of imide groups is 1. The van der Waals surface area contributed by atoms with Crippen molar-refractivity contribution in [3.05, 3.63) is 35.9 Å². The zero-order chi connectivity index (χ0) is 11.4. The molecule has 0 unspecified atom stereocenters. The van der Waals surface area contributed by atoms with Gasteiger partial charge in [0.1, 0.15) is 0 Å². The lowest BCUT2D eigenvalue weighted by molar-refractivity contribution is -0.115. The van der Waals surface area contributed by atoms with Gasteiger partial charge in [-0.3, -0.25) is 9.69 Å². The molecule has 1 heterocycles. The number of urea groups is 1. The maximum atomic E-state index is 11.5. The number of carbonyl (C=O) groups excluding carboxylic acids is 2. The van der Waals surface area contributed by atoms with Gasteiger partial charge in [-0.1, -0.05) is 30.3 Å². The van der Waals surface area contributed by atoms with Crippen LogP contribution in [0.25, 0.3) is 0 Å². The van der Waals surface area contributed by atoms with Gasteiger partial charge < -0.3 is 0 Å². The van der Waals surface area contributed by atoms with Crippen molar-refractivity contribution in [2.75, 3.05) is 13.1 Å². The maximum Gasteiger partial charge on any atom is 0.347 e. The van der Waals surface area contributed by atoms with Crippen LogP contribution in [0.3, 0.4) is 0 Å². The minimum absolute atomic E-state index is 0.373. The van der Waals surface area contributed by atoms with E-state index >= 15 is 0 Å². The third kappa shape index (κ3) is 2.08. The van der Waals surface area contributed by atoms with Gasteiger partial charge in [-0.25, -0.2) is 9.80 Å². The van der Waals surface area contributed by atoms with E-state index in [4.69, 9.17) is 0 Å². The first-order chi connectivity index (χ1) is 7.81. The molecule has 0 aliphatic carbocycles. The van der Waals surface area contributed by atoms with Gasteiger partial charge in [0.25, 0.3) is 0 Å². The van der Waals surface area contributed by atoms with Gasteiger partial charge in [0, 0.05) is 0 Å². The van der Waals surface area contributed by atoms with Crippen LogP contribution in [-0.2, 0) is 4.79 Å². The highest BCUT2D eigenvalue weighted by Crippen LogP contribution is 2.06. The van der Waals surface area contributed by atoms with E-state index in [1.54, 1.807) is 6.21 Å². The van der Waals surface area contributed by atoms with E-state index < -0.39 is 0 Å². The average molecular weight is 217 g/mol. The molecule has 1 saturated heterocycles. The largest absolute Gasteiger partial charge is 0.347 e. The predicted octanol–water partition coefficient (Wildman–Crippen LogP) is 0.914. The summed E-state index contributed by atoms with van der Waals surface area (Å²) in [7, 11) is 0. The Morgan fingerprint density at radius 3 is 2.56 bits per heavy atom. The second kappa shape index (κ2) is 4.57. The van der Waals surface area contributed by atoms with E-state index in [1.807, 2.05) is 30.3 Å². The Kier molecular flexibility index (Phi) is 2.95. The number of hydrazone groups is 1. The molecule has 0 N–H and O–H groups in total. The van der Waals surface area contributed by atoms with Crippen molar-refractivity contribution in [1.82, 2.24) is 9.91 Å². The highest BCUT2D eigenvalue weighted by atomic mass is 16.2. The normalized spacial score (nSPS) is 16.1. The molecular weight excluding hydrogens is 206 g/mol. The van der Waals surface area contributed by atoms with Crippen molar-refractivity contribution in [3.63, 3.8) is 0 Å². The number of carbonyl (C=O) groups is 2. The summed E-state index contributed by atoms with van der Waals surface area (Å²) in [4.78, 5) is 23.0. The fourth-order valence-corrected chi connectivity index (χ4v) is 1.42. The van der Waals surface area contributed by atoms with E-state index in [1.165, 1.54) is 5.01 Å². The molecule has 0 atom stereocenters. The number of amides is 3. The van der Waals surface area contributed by atoms with E-state index in [9.17, 15) is 9.59 Å². The van der Waals surface area contributed by atoms with Gasteiger partial charge in [0.2, 0.25) is 6.41 Å². The molecule has 1 fully saturated rings. The van der Waals surface area contributed by atoms with Crippen molar-refractivity contribution in [2.45, 2.75) is 0 Å². The summed E-state index contributed by atoms with van der Waals surface area (Å²) in [6.45, 7) is 0.843. The Bertz CT molecular complexity index is 416. The molecule has 82 valence electrons. The van der Waals surface area contributed by atoms with E-state index in [-0.39, 0.29) is 6.03 Å².